The summed E-state index contributed by atoms with van der Waals surface area (Å²) in [6.07, 6.45) is -0.590. The molecule has 1 fully saturated rings. The molecule has 0 aliphatic carbocycles. The van der Waals surface area contributed by atoms with Gasteiger partial charge in [0.15, 0.2) is 5.82 Å². The van der Waals surface area contributed by atoms with Gasteiger partial charge in [0.1, 0.15) is 30.0 Å². The van der Waals surface area contributed by atoms with Gasteiger partial charge in [-0.15, -0.1) is 0 Å². The minimum absolute atomic E-state index is 0.193. The summed E-state index contributed by atoms with van der Waals surface area (Å²) < 4.78 is 16.4. The van der Waals surface area contributed by atoms with E-state index >= 15 is 0 Å². The van der Waals surface area contributed by atoms with Crippen LogP contribution < -0.4 is 15.4 Å². The summed E-state index contributed by atoms with van der Waals surface area (Å²) in [6, 6.07) is 9.66. The van der Waals surface area contributed by atoms with Crippen molar-refractivity contribution in [2.45, 2.75) is 26.0 Å². The van der Waals surface area contributed by atoms with Crippen LogP contribution in [0.3, 0.4) is 0 Å². The number of aromatic nitrogens is 3. The van der Waals surface area contributed by atoms with Gasteiger partial charge in [0.25, 0.3) is 0 Å². The van der Waals surface area contributed by atoms with Gasteiger partial charge in [-0.2, -0.15) is 0 Å². The van der Waals surface area contributed by atoms with E-state index in [1.807, 2.05) is 44.2 Å². The van der Waals surface area contributed by atoms with E-state index < -0.39 is 6.10 Å². The molecule has 9 heteroatoms. The Labute approximate surface area is 180 Å². The highest BCUT2D eigenvalue weighted by atomic mass is 16.5. The molecule has 3 N–H and O–H groups in total. The summed E-state index contributed by atoms with van der Waals surface area (Å²) >= 11 is 0. The Kier molecular flexibility index (Phi) is 6.45. The van der Waals surface area contributed by atoms with Gasteiger partial charge in [0.05, 0.1) is 36.2 Å². The SMILES string of the molecule is CNCC(O)COc1cccc(-c2nc(NC3COC3)cc(-c3c(C)noc3C)n2)c1. The maximum absolute atomic E-state index is 9.89. The van der Waals surface area contributed by atoms with Crippen molar-refractivity contribution in [3.63, 3.8) is 0 Å². The van der Waals surface area contributed by atoms with Crippen LogP contribution in [0.1, 0.15) is 11.5 Å². The van der Waals surface area contributed by atoms with E-state index in [4.69, 9.17) is 24.0 Å². The van der Waals surface area contributed by atoms with Gasteiger partial charge in [-0.3, -0.25) is 0 Å². The number of anilines is 1. The number of aliphatic hydroxyl groups is 1. The van der Waals surface area contributed by atoms with E-state index in [-0.39, 0.29) is 12.6 Å². The van der Waals surface area contributed by atoms with E-state index in [0.717, 1.165) is 22.5 Å². The molecule has 1 aliphatic rings. The van der Waals surface area contributed by atoms with E-state index in [1.165, 1.54) is 0 Å². The maximum atomic E-state index is 9.89. The number of hydrogen-bond donors (Lipinski definition) is 3. The lowest BCUT2D eigenvalue weighted by atomic mass is 10.1. The minimum atomic E-state index is -0.590. The molecule has 31 heavy (non-hydrogen) atoms. The third-order valence-electron chi connectivity index (χ3n) is 4.98. The van der Waals surface area contributed by atoms with E-state index in [9.17, 15) is 5.11 Å². The molecule has 2 aromatic heterocycles. The van der Waals surface area contributed by atoms with E-state index in [1.54, 1.807) is 7.05 Å². The van der Waals surface area contributed by atoms with Crippen molar-refractivity contribution < 1.29 is 19.1 Å². The number of rotatable bonds is 9. The molecule has 0 radical (unpaired) electrons. The van der Waals surface area contributed by atoms with Crippen LogP contribution in [-0.2, 0) is 4.74 Å². The van der Waals surface area contributed by atoms with E-state index in [0.29, 0.717) is 42.9 Å². The maximum Gasteiger partial charge on any atom is 0.162 e. The molecule has 0 spiro atoms. The first-order chi connectivity index (χ1) is 15.0. The summed E-state index contributed by atoms with van der Waals surface area (Å²) in [4.78, 5) is 9.50. The largest absolute Gasteiger partial charge is 0.491 e. The molecule has 1 aromatic carbocycles. The van der Waals surface area contributed by atoms with Crippen molar-refractivity contribution in [3.05, 3.63) is 41.8 Å². The molecule has 9 nitrogen and oxygen atoms in total. The third-order valence-corrected chi connectivity index (χ3v) is 4.98. The van der Waals surface area contributed by atoms with Gasteiger partial charge in [-0.1, -0.05) is 17.3 Å². The molecule has 3 aromatic rings. The second kappa shape index (κ2) is 9.42. The Morgan fingerprint density at radius 2 is 2.06 bits per heavy atom. The molecular formula is C22H27N5O4. The lowest BCUT2D eigenvalue weighted by Gasteiger charge is -2.27. The minimum Gasteiger partial charge on any atom is -0.491 e. The topological polar surface area (TPSA) is 115 Å². The highest BCUT2D eigenvalue weighted by Gasteiger charge is 2.21. The molecule has 3 heterocycles. The molecule has 0 amide bonds. The summed E-state index contributed by atoms with van der Waals surface area (Å²) in [7, 11) is 1.79. The molecule has 0 bridgehead atoms. The normalized spacial score (nSPS) is 14.8. The van der Waals surface area contributed by atoms with Gasteiger partial charge in [-0.25, -0.2) is 9.97 Å². The van der Waals surface area contributed by atoms with E-state index in [2.05, 4.69) is 15.8 Å². The molecular weight excluding hydrogens is 398 g/mol. The number of benzene rings is 1. The first-order valence-corrected chi connectivity index (χ1v) is 10.3. The van der Waals surface area contributed by atoms with Crippen molar-refractivity contribution in [3.8, 4) is 28.4 Å². The summed E-state index contributed by atoms with van der Waals surface area (Å²) in [5, 5.41) is 20.3. The first-order valence-electron chi connectivity index (χ1n) is 10.3. The first kappa shape index (κ1) is 21.2. The second-order valence-electron chi connectivity index (χ2n) is 7.59. The zero-order chi connectivity index (χ0) is 21.8. The van der Waals surface area contributed by atoms with Crippen molar-refractivity contribution in [2.75, 3.05) is 38.7 Å². The summed E-state index contributed by atoms with van der Waals surface area (Å²) in [5.41, 5.74) is 3.18. The van der Waals surface area contributed by atoms with Gasteiger partial charge in [0, 0.05) is 18.2 Å². The molecule has 4 rings (SSSR count). The van der Waals surface area contributed by atoms with Gasteiger partial charge < -0.3 is 29.7 Å². The van der Waals surface area contributed by atoms with Gasteiger partial charge >= 0.3 is 0 Å². The Morgan fingerprint density at radius 3 is 2.74 bits per heavy atom. The Morgan fingerprint density at radius 1 is 1.23 bits per heavy atom. The van der Waals surface area contributed by atoms with Crippen molar-refractivity contribution >= 4 is 5.82 Å². The van der Waals surface area contributed by atoms with Crippen LogP contribution >= 0.6 is 0 Å². The molecule has 1 saturated heterocycles. The quantitative estimate of drug-likeness (QED) is 0.474. The number of nitrogens with one attached hydrogen (secondary N) is 2. The van der Waals surface area contributed by atoms with Crippen molar-refractivity contribution in [1.82, 2.24) is 20.4 Å². The van der Waals surface area contributed by atoms with Crippen LogP contribution in [-0.4, -0.2) is 65.8 Å². The highest BCUT2D eigenvalue weighted by Crippen LogP contribution is 2.30. The Bertz CT molecular complexity index is 1010. The zero-order valence-electron chi connectivity index (χ0n) is 17.9. The van der Waals surface area contributed by atoms with Gasteiger partial charge in [-0.05, 0) is 33.0 Å². The van der Waals surface area contributed by atoms with Crippen LogP contribution in [0, 0.1) is 13.8 Å². The highest BCUT2D eigenvalue weighted by molar-refractivity contribution is 5.70. The lowest BCUT2D eigenvalue weighted by molar-refractivity contribution is 0.0209. The second-order valence-corrected chi connectivity index (χ2v) is 7.59. The number of nitrogens with zero attached hydrogens (tertiary/aromatic N) is 3. The fraction of sp³-hybridized carbons (Fsp3) is 0.409. The molecule has 164 valence electrons. The Hall–Kier alpha value is -3.01. The van der Waals surface area contributed by atoms with Crippen molar-refractivity contribution in [1.29, 1.82) is 0 Å². The monoisotopic (exact) mass is 425 g/mol. The third kappa shape index (κ3) is 5.01. The van der Waals surface area contributed by atoms with Crippen molar-refractivity contribution in [2.24, 2.45) is 0 Å². The van der Waals surface area contributed by atoms with Crippen LogP contribution in [0.5, 0.6) is 5.75 Å². The number of aliphatic hydroxyl groups excluding tert-OH is 1. The molecule has 0 saturated carbocycles. The molecule has 1 atom stereocenters. The van der Waals surface area contributed by atoms with Crippen LogP contribution in [0.2, 0.25) is 0 Å². The van der Waals surface area contributed by atoms with Crippen LogP contribution in [0.4, 0.5) is 5.82 Å². The predicted octanol–water partition coefficient (Wildman–Crippen LogP) is 2.19. The average molecular weight is 425 g/mol. The molecule has 1 aliphatic heterocycles. The van der Waals surface area contributed by atoms with Gasteiger partial charge in [0.2, 0.25) is 0 Å². The number of aryl methyl sites for hydroxylation is 2. The lowest BCUT2D eigenvalue weighted by Crippen LogP contribution is -2.40. The molecule has 1 unspecified atom stereocenters. The summed E-state index contributed by atoms with van der Waals surface area (Å²) in [6.45, 7) is 5.72. The standard InChI is InChI=1S/C22H27N5O4/c1-13-21(14(2)31-27-13)19-8-20(24-16-10-29-11-16)26-22(25-19)15-5-4-6-18(7-15)30-12-17(28)9-23-3/h4-8,16-17,23,28H,9-12H2,1-3H3,(H,24,25,26). The smallest absolute Gasteiger partial charge is 0.162 e. The number of hydrogen-bond acceptors (Lipinski definition) is 9. The van der Waals surface area contributed by atoms with Crippen LogP contribution in [0.25, 0.3) is 22.6 Å². The Balaban J connectivity index is 1.66. The fourth-order valence-corrected chi connectivity index (χ4v) is 3.37. The van der Waals surface area contributed by atoms with Crippen LogP contribution in [0.15, 0.2) is 34.9 Å². The summed E-state index contributed by atoms with van der Waals surface area (Å²) in [5.74, 6) is 2.61. The fourth-order valence-electron chi connectivity index (χ4n) is 3.37. The zero-order valence-corrected chi connectivity index (χ0v) is 17.9. The average Bonchev–Trinajstić information content (AvgIpc) is 3.07. The number of ether oxygens (including phenoxy) is 2. The predicted molar refractivity (Wildman–Crippen MR) is 116 cm³/mol. The number of likely N-dealkylation sites (N-methyl/N-ethyl adjacent to an activating group) is 1.